The Hall–Kier alpha value is -1.80. The molecule has 0 fully saturated rings. The number of ether oxygens (including phenoxy) is 3. The smallest absolute Gasteiger partial charge is 0.277 e. The zero-order chi connectivity index (χ0) is 16.8. The van der Waals surface area contributed by atoms with E-state index in [0.29, 0.717) is 22.8 Å². The van der Waals surface area contributed by atoms with Gasteiger partial charge < -0.3 is 25.3 Å². The molecule has 0 aliphatic heterocycles. The second-order valence-electron chi connectivity index (χ2n) is 4.55. The summed E-state index contributed by atoms with van der Waals surface area (Å²) in [6, 6.07) is 3.17. The van der Waals surface area contributed by atoms with Crippen LogP contribution in [0, 0.1) is 0 Å². The van der Waals surface area contributed by atoms with Crippen molar-refractivity contribution in [1.29, 1.82) is 0 Å². The van der Waals surface area contributed by atoms with Gasteiger partial charge in [-0.05, 0) is 17.7 Å². The molecule has 23 heavy (non-hydrogen) atoms. The highest BCUT2D eigenvalue weighted by Gasteiger charge is 2.27. The number of nitrogens with two attached hydrogens (primary N) is 1. The van der Waals surface area contributed by atoms with Crippen LogP contribution in [0.3, 0.4) is 0 Å². The molecule has 0 aromatic heterocycles. The summed E-state index contributed by atoms with van der Waals surface area (Å²) < 4.78 is 41.5. The number of benzene rings is 1. The van der Waals surface area contributed by atoms with Gasteiger partial charge in [-0.1, -0.05) is 0 Å². The summed E-state index contributed by atoms with van der Waals surface area (Å²) in [5.41, 5.74) is 5.45. The molecular formula is C14H21ClF2N2O4. The number of halogens is 3. The highest BCUT2D eigenvalue weighted by Crippen LogP contribution is 2.38. The van der Waals surface area contributed by atoms with Crippen LogP contribution >= 0.6 is 12.4 Å². The maximum Gasteiger partial charge on any atom is 0.277 e. The van der Waals surface area contributed by atoms with Crippen LogP contribution in [0.5, 0.6) is 17.2 Å². The highest BCUT2D eigenvalue weighted by molar-refractivity contribution is 5.85. The Morgan fingerprint density at radius 3 is 2.09 bits per heavy atom. The Balaban J connectivity index is 0.00000484. The average Bonchev–Trinajstić information content (AvgIpc) is 2.52. The minimum absolute atomic E-state index is 0. The van der Waals surface area contributed by atoms with E-state index in [1.807, 2.05) is 0 Å². The number of rotatable bonds is 8. The number of carbonyl (C=O) groups is 1. The van der Waals surface area contributed by atoms with Crippen molar-refractivity contribution in [3.63, 3.8) is 0 Å². The second-order valence-corrected chi connectivity index (χ2v) is 4.55. The van der Waals surface area contributed by atoms with E-state index in [1.54, 1.807) is 12.1 Å². The van der Waals surface area contributed by atoms with Crippen LogP contribution < -0.4 is 25.3 Å². The van der Waals surface area contributed by atoms with Gasteiger partial charge in [0.15, 0.2) is 11.5 Å². The lowest BCUT2D eigenvalue weighted by Crippen LogP contribution is -2.42. The molecule has 6 nitrogen and oxygen atoms in total. The van der Waals surface area contributed by atoms with Crippen LogP contribution in [0.25, 0.3) is 0 Å². The maximum atomic E-state index is 13.0. The van der Waals surface area contributed by atoms with Crippen LogP contribution in [0.1, 0.15) is 5.56 Å². The third-order valence-electron chi connectivity index (χ3n) is 2.93. The number of amides is 1. The van der Waals surface area contributed by atoms with Gasteiger partial charge in [0.1, 0.15) is 0 Å². The molecule has 0 atom stereocenters. The Morgan fingerprint density at radius 1 is 1.17 bits per heavy atom. The Kier molecular flexibility index (Phi) is 8.63. The van der Waals surface area contributed by atoms with Gasteiger partial charge in [0.25, 0.3) is 5.92 Å². The second kappa shape index (κ2) is 9.36. The minimum Gasteiger partial charge on any atom is -0.493 e. The number of carbonyl (C=O) groups excluding carboxylic acids is 1. The van der Waals surface area contributed by atoms with Crippen molar-refractivity contribution in [2.75, 3.05) is 34.4 Å². The van der Waals surface area contributed by atoms with E-state index in [9.17, 15) is 13.6 Å². The molecule has 0 heterocycles. The molecule has 1 aromatic rings. The molecule has 0 radical (unpaired) electrons. The van der Waals surface area contributed by atoms with Crippen LogP contribution in [-0.2, 0) is 11.2 Å². The first-order chi connectivity index (χ1) is 10.4. The predicted octanol–water partition coefficient (Wildman–Crippen LogP) is 1.39. The van der Waals surface area contributed by atoms with Crippen molar-refractivity contribution < 1.29 is 27.8 Å². The molecule has 0 bridgehead atoms. The third kappa shape index (κ3) is 6.07. The third-order valence-corrected chi connectivity index (χ3v) is 2.93. The van der Waals surface area contributed by atoms with Crippen molar-refractivity contribution in [2.24, 2.45) is 5.73 Å². The summed E-state index contributed by atoms with van der Waals surface area (Å²) in [6.07, 6.45) is -0.0998. The first kappa shape index (κ1) is 21.2. The number of hydrogen-bond donors (Lipinski definition) is 2. The van der Waals surface area contributed by atoms with Crippen LogP contribution in [0.15, 0.2) is 12.1 Å². The molecule has 1 amide bonds. The SMILES string of the molecule is COc1cc(CC(=O)NCC(F)(F)CN)cc(OC)c1OC.Cl. The van der Waals surface area contributed by atoms with Gasteiger partial charge in [0, 0.05) is 0 Å². The fourth-order valence-corrected chi connectivity index (χ4v) is 1.79. The summed E-state index contributed by atoms with van der Waals surface area (Å²) >= 11 is 0. The Bertz CT molecular complexity index is 504. The molecular weight excluding hydrogens is 334 g/mol. The fraction of sp³-hybridized carbons (Fsp3) is 0.500. The van der Waals surface area contributed by atoms with Gasteiger partial charge in [0.05, 0.1) is 40.8 Å². The molecule has 0 spiro atoms. The monoisotopic (exact) mass is 354 g/mol. The van der Waals surface area contributed by atoms with E-state index in [1.165, 1.54) is 21.3 Å². The Labute approximate surface area is 139 Å². The van der Waals surface area contributed by atoms with E-state index in [2.05, 4.69) is 5.32 Å². The Morgan fingerprint density at radius 2 is 1.70 bits per heavy atom. The number of methoxy groups -OCH3 is 3. The standard InChI is InChI=1S/C14H20F2N2O4.ClH/c1-20-10-4-9(5-11(21-2)13(10)22-3)6-12(19)18-8-14(15,16)7-17;/h4-5H,6-8,17H2,1-3H3,(H,18,19);1H. The molecule has 9 heteroatoms. The summed E-state index contributed by atoms with van der Waals surface area (Å²) in [7, 11) is 4.35. The van der Waals surface area contributed by atoms with E-state index in [0.717, 1.165) is 0 Å². The van der Waals surface area contributed by atoms with E-state index < -0.39 is 24.9 Å². The van der Waals surface area contributed by atoms with Gasteiger partial charge in [-0.2, -0.15) is 0 Å². The van der Waals surface area contributed by atoms with E-state index >= 15 is 0 Å². The van der Waals surface area contributed by atoms with Gasteiger partial charge in [0.2, 0.25) is 11.7 Å². The molecule has 0 unspecified atom stereocenters. The van der Waals surface area contributed by atoms with E-state index in [-0.39, 0.29) is 18.8 Å². The number of alkyl halides is 2. The molecule has 3 N–H and O–H groups in total. The zero-order valence-electron chi connectivity index (χ0n) is 13.2. The molecule has 0 saturated carbocycles. The molecule has 0 aliphatic carbocycles. The minimum atomic E-state index is -3.12. The topological polar surface area (TPSA) is 82.8 Å². The van der Waals surface area contributed by atoms with Crippen molar-refractivity contribution in [3.8, 4) is 17.2 Å². The van der Waals surface area contributed by atoms with E-state index in [4.69, 9.17) is 19.9 Å². The van der Waals surface area contributed by atoms with Crippen molar-refractivity contribution >= 4 is 18.3 Å². The molecule has 1 rings (SSSR count). The molecule has 0 saturated heterocycles. The van der Waals surface area contributed by atoms with Crippen LogP contribution in [0.4, 0.5) is 8.78 Å². The normalized spacial score (nSPS) is 10.5. The maximum absolute atomic E-state index is 13.0. The van der Waals surface area contributed by atoms with Crippen molar-refractivity contribution in [3.05, 3.63) is 17.7 Å². The zero-order valence-corrected chi connectivity index (χ0v) is 14.0. The van der Waals surface area contributed by atoms with Crippen LogP contribution in [-0.4, -0.2) is 46.2 Å². The summed E-state index contributed by atoms with van der Waals surface area (Å²) in [6.45, 7) is -1.62. The molecule has 0 aliphatic rings. The molecule has 1 aromatic carbocycles. The summed E-state index contributed by atoms with van der Waals surface area (Å²) in [5.74, 6) is -2.51. The van der Waals surface area contributed by atoms with Crippen molar-refractivity contribution in [1.82, 2.24) is 5.32 Å². The van der Waals surface area contributed by atoms with Gasteiger partial charge >= 0.3 is 0 Å². The first-order valence-corrected chi connectivity index (χ1v) is 6.50. The number of hydrogen-bond acceptors (Lipinski definition) is 5. The summed E-state index contributed by atoms with van der Waals surface area (Å²) in [4.78, 5) is 11.7. The largest absolute Gasteiger partial charge is 0.493 e. The van der Waals surface area contributed by atoms with Gasteiger partial charge in [-0.3, -0.25) is 4.79 Å². The van der Waals surface area contributed by atoms with Gasteiger partial charge in [-0.25, -0.2) is 8.78 Å². The summed E-state index contributed by atoms with van der Waals surface area (Å²) in [5, 5.41) is 2.14. The lowest BCUT2D eigenvalue weighted by molar-refractivity contribution is -0.122. The lowest BCUT2D eigenvalue weighted by Gasteiger charge is -2.16. The van der Waals surface area contributed by atoms with Gasteiger partial charge in [-0.15, -0.1) is 12.4 Å². The average molecular weight is 355 g/mol. The first-order valence-electron chi connectivity index (χ1n) is 6.50. The number of nitrogens with one attached hydrogen (secondary N) is 1. The van der Waals surface area contributed by atoms with Crippen molar-refractivity contribution in [2.45, 2.75) is 12.3 Å². The van der Waals surface area contributed by atoms with Crippen LogP contribution in [0.2, 0.25) is 0 Å². The lowest BCUT2D eigenvalue weighted by atomic mass is 10.1. The predicted molar refractivity (Wildman–Crippen MR) is 84.1 cm³/mol. The quantitative estimate of drug-likeness (QED) is 0.737. The highest BCUT2D eigenvalue weighted by atomic mass is 35.5. The molecule has 132 valence electrons. The fourth-order valence-electron chi connectivity index (χ4n) is 1.79.